The molecule has 2 aromatic rings. The average Bonchev–Trinajstić information content (AvgIpc) is 3.37. The fourth-order valence-corrected chi connectivity index (χ4v) is 6.08. The SMILES string of the molecule is CCCCCCCSc1ccc(NC(=O)c2ccc(N3CC[C@@H](NC(=O)OC(C)(C)C)C3)cc2N(C)S(C)(=O)=O)cc1. The van der Waals surface area contributed by atoms with Crippen molar-refractivity contribution in [1.82, 2.24) is 5.32 Å². The molecule has 2 amide bonds. The molecule has 0 unspecified atom stereocenters. The van der Waals surface area contributed by atoms with Crippen LogP contribution < -0.4 is 19.8 Å². The van der Waals surface area contributed by atoms with Gasteiger partial charge in [-0.2, -0.15) is 0 Å². The minimum Gasteiger partial charge on any atom is -0.444 e. The first-order valence-corrected chi connectivity index (χ1v) is 17.5. The van der Waals surface area contributed by atoms with Crippen molar-refractivity contribution < 1.29 is 22.7 Å². The Bertz CT molecular complexity index is 1310. The van der Waals surface area contributed by atoms with E-state index in [9.17, 15) is 18.0 Å². The zero-order chi connectivity index (χ0) is 30.9. The highest BCUT2D eigenvalue weighted by Gasteiger charge is 2.28. The van der Waals surface area contributed by atoms with E-state index in [-0.39, 0.29) is 17.3 Å². The molecule has 2 N–H and O–H groups in total. The summed E-state index contributed by atoms with van der Waals surface area (Å²) in [5, 5.41) is 5.82. The Morgan fingerprint density at radius 1 is 1.07 bits per heavy atom. The molecule has 1 aliphatic heterocycles. The number of carbonyl (C=O) groups is 2. The number of sulfonamides is 1. The van der Waals surface area contributed by atoms with E-state index in [1.807, 2.05) is 62.9 Å². The van der Waals surface area contributed by atoms with Gasteiger partial charge < -0.3 is 20.3 Å². The molecule has 1 heterocycles. The summed E-state index contributed by atoms with van der Waals surface area (Å²) in [6.45, 7) is 8.86. The van der Waals surface area contributed by atoms with Crippen LogP contribution in [0.25, 0.3) is 0 Å². The van der Waals surface area contributed by atoms with Crippen LogP contribution in [0.1, 0.15) is 76.6 Å². The van der Waals surface area contributed by atoms with Gasteiger partial charge in [0, 0.05) is 36.4 Å². The van der Waals surface area contributed by atoms with E-state index in [4.69, 9.17) is 4.74 Å². The van der Waals surface area contributed by atoms with Gasteiger partial charge in [0.05, 0.1) is 23.5 Å². The predicted octanol–water partition coefficient (Wildman–Crippen LogP) is 6.50. The molecule has 0 aromatic heterocycles. The number of alkyl carbamates (subject to hydrolysis) is 1. The second-order valence-electron chi connectivity index (χ2n) is 11.8. The van der Waals surface area contributed by atoms with Gasteiger partial charge in [-0.05, 0) is 81.8 Å². The first kappa shape index (κ1) is 33.6. The summed E-state index contributed by atoms with van der Waals surface area (Å²) in [7, 11) is -2.19. The Kier molecular flexibility index (Phi) is 12.0. The smallest absolute Gasteiger partial charge is 0.407 e. The van der Waals surface area contributed by atoms with E-state index in [1.165, 1.54) is 39.2 Å². The highest BCUT2D eigenvalue weighted by molar-refractivity contribution is 7.99. The minimum atomic E-state index is -3.63. The lowest BCUT2D eigenvalue weighted by molar-refractivity contribution is 0.0508. The second-order valence-corrected chi connectivity index (χ2v) is 14.9. The van der Waals surface area contributed by atoms with Crippen molar-refractivity contribution in [2.75, 3.05) is 46.7 Å². The normalized spacial score (nSPS) is 15.4. The lowest BCUT2D eigenvalue weighted by Crippen LogP contribution is -2.40. The number of hydrogen-bond acceptors (Lipinski definition) is 7. The number of nitrogens with zero attached hydrogens (tertiary/aromatic N) is 2. The van der Waals surface area contributed by atoms with Crippen molar-refractivity contribution in [2.24, 2.45) is 0 Å². The van der Waals surface area contributed by atoms with Crippen LogP contribution in [-0.2, 0) is 14.8 Å². The summed E-state index contributed by atoms with van der Waals surface area (Å²) in [6.07, 6.45) is 7.61. The van der Waals surface area contributed by atoms with Crippen LogP contribution in [0.2, 0.25) is 0 Å². The number of rotatable bonds is 13. The Morgan fingerprint density at radius 3 is 2.40 bits per heavy atom. The highest BCUT2D eigenvalue weighted by atomic mass is 32.2. The van der Waals surface area contributed by atoms with Crippen molar-refractivity contribution >= 4 is 50.8 Å². The topological polar surface area (TPSA) is 108 Å². The molecule has 11 heteroatoms. The minimum absolute atomic E-state index is 0.110. The quantitative estimate of drug-likeness (QED) is 0.195. The number of thioether (sulfide) groups is 1. The molecule has 9 nitrogen and oxygen atoms in total. The maximum Gasteiger partial charge on any atom is 0.407 e. The number of carbonyl (C=O) groups excluding carboxylic acids is 2. The van der Waals surface area contributed by atoms with Crippen molar-refractivity contribution in [2.45, 2.75) is 82.8 Å². The highest BCUT2D eigenvalue weighted by Crippen LogP contribution is 2.31. The van der Waals surface area contributed by atoms with Crippen LogP contribution in [0.5, 0.6) is 0 Å². The molecule has 1 saturated heterocycles. The molecule has 0 spiro atoms. The number of hydrogen-bond donors (Lipinski definition) is 2. The summed E-state index contributed by atoms with van der Waals surface area (Å²) in [5.41, 5.74) is 1.35. The van der Waals surface area contributed by atoms with E-state index in [1.54, 1.807) is 12.1 Å². The monoisotopic (exact) mass is 618 g/mol. The maximum atomic E-state index is 13.4. The molecule has 1 fully saturated rings. The van der Waals surface area contributed by atoms with Crippen LogP contribution in [-0.4, -0.2) is 64.2 Å². The molecule has 3 rings (SSSR count). The van der Waals surface area contributed by atoms with Gasteiger partial charge in [-0.15, -0.1) is 11.8 Å². The second kappa shape index (κ2) is 15.0. The first-order valence-electron chi connectivity index (χ1n) is 14.6. The van der Waals surface area contributed by atoms with E-state index in [0.717, 1.165) is 26.9 Å². The maximum absolute atomic E-state index is 13.4. The number of unbranched alkanes of at least 4 members (excludes halogenated alkanes) is 4. The lowest BCUT2D eigenvalue weighted by atomic mass is 10.1. The standard InChI is InChI=1S/C31H46N4O5S2/c1-7-8-9-10-11-20-41-26-15-12-23(13-16-26)32-29(36)27-17-14-25(21-28(27)34(5)42(6,38)39)35-19-18-24(22-35)33-30(37)40-31(2,3)4/h12-17,21,24H,7-11,18-20,22H2,1-6H3,(H,32,36)(H,33,37)/t24-/m1/s1. The van der Waals surface area contributed by atoms with Gasteiger partial charge in [-0.1, -0.05) is 32.6 Å². The molecule has 2 aromatic carbocycles. The van der Waals surface area contributed by atoms with Gasteiger partial charge in [0.15, 0.2) is 0 Å². The van der Waals surface area contributed by atoms with Gasteiger partial charge in [0.1, 0.15) is 5.60 Å². The summed E-state index contributed by atoms with van der Waals surface area (Å²) in [4.78, 5) is 28.8. The molecule has 1 atom stereocenters. The van der Waals surface area contributed by atoms with Crippen LogP contribution in [0.15, 0.2) is 47.4 Å². The largest absolute Gasteiger partial charge is 0.444 e. The van der Waals surface area contributed by atoms with Crippen LogP contribution in [0.4, 0.5) is 21.9 Å². The van der Waals surface area contributed by atoms with Crippen molar-refractivity contribution in [3.63, 3.8) is 0 Å². The summed E-state index contributed by atoms with van der Waals surface area (Å²) < 4.78 is 31.5. The molecular weight excluding hydrogens is 572 g/mol. The molecule has 1 aliphatic rings. The van der Waals surface area contributed by atoms with E-state index >= 15 is 0 Å². The number of amides is 2. The van der Waals surface area contributed by atoms with Gasteiger partial charge in [0.25, 0.3) is 5.91 Å². The molecule has 0 aliphatic carbocycles. The van der Waals surface area contributed by atoms with Crippen LogP contribution in [0.3, 0.4) is 0 Å². The van der Waals surface area contributed by atoms with Crippen LogP contribution >= 0.6 is 11.8 Å². The lowest BCUT2D eigenvalue weighted by Gasteiger charge is -2.25. The molecule has 0 saturated carbocycles. The first-order chi connectivity index (χ1) is 19.8. The Hall–Kier alpha value is -2.92. The Morgan fingerprint density at radius 2 is 1.76 bits per heavy atom. The van der Waals surface area contributed by atoms with Crippen molar-refractivity contribution in [1.29, 1.82) is 0 Å². The molecule has 42 heavy (non-hydrogen) atoms. The van der Waals surface area contributed by atoms with Gasteiger partial charge in [-0.25, -0.2) is 13.2 Å². The number of ether oxygens (including phenoxy) is 1. The van der Waals surface area contributed by atoms with E-state index in [0.29, 0.717) is 25.2 Å². The van der Waals surface area contributed by atoms with Crippen molar-refractivity contribution in [3.8, 4) is 0 Å². The predicted molar refractivity (Wildman–Crippen MR) is 174 cm³/mol. The average molecular weight is 619 g/mol. The summed E-state index contributed by atoms with van der Waals surface area (Å²) in [6, 6.07) is 12.8. The Balaban J connectivity index is 1.69. The van der Waals surface area contributed by atoms with Gasteiger partial charge in [0.2, 0.25) is 10.0 Å². The molecular formula is C31H46N4O5S2. The third-order valence-electron chi connectivity index (χ3n) is 6.97. The zero-order valence-electron chi connectivity index (χ0n) is 25.7. The van der Waals surface area contributed by atoms with Crippen LogP contribution in [0, 0.1) is 0 Å². The van der Waals surface area contributed by atoms with Crippen molar-refractivity contribution in [3.05, 3.63) is 48.0 Å². The van der Waals surface area contributed by atoms with E-state index in [2.05, 4.69) is 22.5 Å². The van der Waals surface area contributed by atoms with Gasteiger partial charge in [-0.3, -0.25) is 9.10 Å². The molecule has 0 radical (unpaired) electrons. The molecule has 0 bridgehead atoms. The fourth-order valence-electron chi connectivity index (χ4n) is 4.66. The molecule has 232 valence electrons. The Labute approximate surface area is 255 Å². The van der Waals surface area contributed by atoms with E-state index < -0.39 is 27.6 Å². The fraction of sp³-hybridized carbons (Fsp3) is 0.548. The number of nitrogens with one attached hydrogen (secondary N) is 2. The number of benzene rings is 2. The zero-order valence-corrected chi connectivity index (χ0v) is 27.4. The summed E-state index contributed by atoms with van der Waals surface area (Å²) >= 11 is 1.81. The van der Waals surface area contributed by atoms with Gasteiger partial charge >= 0.3 is 6.09 Å². The number of anilines is 3. The third-order valence-corrected chi connectivity index (χ3v) is 9.26. The third kappa shape index (κ3) is 10.4. The summed E-state index contributed by atoms with van der Waals surface area (Å²) in [5.74, 6) is 0.673.